The summed E-state index contributed by atoms with van der Waals surface area (Å²) in [4.78, 5) is 11.7. The molecular weight excluding hydrogens is 194 g/mol. The van der Waals surface area contributed by atoms with Crippen LogP contribution in [0.25, 0.3) is 0 Å². The molecule has 0 rings (SSSR count). The normalized spacial score (nSPS) is 13.7. The highest BCUT2D eigenvalue weighted by atomic mass is 16.6. The van der Waals surface area contributed by atoms with Gasteiger partial charge in [0.15, 0.2) is 0 Å². The highest BCUT2D eigenvalue weighted by molar-refractivity contribution is 5.80. The molecule has 0 saturated heterocycles. The molecule has 1 unspecified atom stereocenters. The smallest absolute Gasteiger partial charge is 0.326 e. The molecule has 0 bridgehead atoms. The van der Waals surface area contributed by atoms with Gasteiger partial charge in [0.05, 0.1) is 6.61 Å². The number of carbonyl (C=O) groups excluding carboxylic acids is 1. The maximum Gasteiger partial charge on any atom is 0.326 e. The van der Waals surface area contributed by atoms with Crippen LogP contribution in [0.2, 0.25) is 0 Å². The van der Waals surface area contributed by atoms with Crippen LogP contribution in [-0.4, -0.2) is 30.8 Å². The van der Waals surface area contributed by atoms with E-state index in [0.29, 0.717) is 26.1 Å². The second-order valence-electron chi connectivity index (χ2n) is 3.74. The largest absolute Gasteiger partial charge is 0.459 e. The summed E-state index contributed by atoms with van der Waals surface area (Å²) in [7, 11) is 0. The topological polar surface area (TPSA) is 61.5 Å². The van der Waals surface area contributed by atoms with Crippen molar-refractivity contribution in [1.82, 2.24) is 0 Å². The first-order valence-electron chi connectivity index (χ1n) is 5.57. The number of carbonyl (C=O) groups is 1. The van der Waals surface area contributed by atoms with Gasteiger partial charge in [-0.05, 0) is 26.7 Å². The van der Waals surface area contributed by atoms with Gasteiger partial charge in [0.2, 0.25) is 0 Å². The predicted octanol–water partition coefficient (Wildman–Crippen LogP) is 1.47. The Bertz CT molecular complexity index is 190. The lowest BCUT2D eigenvalue weighted by Crippen LogP contribution is -2.49. The lowest BCUT2D eigenvalue weighted by molar-refractivity contribution is -0.158. The molecule has 0 aliphatic heterocycles. The summed E-state index contributed by atoms with van der Waals surface area (Å²) >= 11 is 0. The molecule has 0 aromatic rings. The van der Waals surface area contributed by atoms with Crippen LogP contribution in [0, 0.1) is 0 Å². The van der Waals surface area contributed by atoms with Crippen LogP contribution in [0.1, 0.15) is 40.5 Å². The first kappa shape index (κ1) is 14.4. The lowest BCUT2D eigenvalue weighted by Gasteiger charge is -2.26. The average Bonchev–Trinajstić information content (AvgIpc) is 2.24. The minimum atomic E-state index is -0.847. The van der Waals surface area contributed by atoms with Crippen molar-refractivity contribution < 1.29 is 14.3 Å². The molecule has 0 amide bonds. The fourth-order valence-corrected chi connectivity index (χ4v) is 1.16. The molecule has 0 aromatic heterocycles. The van der Waals surface area contributed by atoms with E-state index in [-0.39, 0.29) is 12.1 Å². The number of ether oxygens (including phenoxy) is 2. The Hall–Kier alpha value is -0.610. The van der Waals surface area contributed by atoms with Crippen molar-refractivity contribution in [1.29, 1.82) is 0 Å². The first-order chi connectivity index (χ1) is 7.00. The van der Waals surface area contributed by atoms with E-state index >= 15 is 0 Å². The number of hydrogen-bond donors (Lipinski definition) is 1. The molecule has 2 N–H and O–H groups in total. The van der Waals surface area contributed by atoms with Gasteiger partial charge in [0.1, 0.15) is 11.6 Å². The van der Waals surface area contributed by atoms with Crippen LogP contribution in [0.4, 0.5) is 0 Å². The van der Waals surface area contributed by atoms with E-state index in [0.717, 1.165) is 0 Å². The molecule has 4 heteroatoms. The molecule has 0 saturated carbocycles. The Labute approximate surface area is 92.1 Å². The zero-order valence-electron chi connectivity index (χ0n) is 10.2. The fraction of sp³-hybridized carbons (Fsp3) is 0.909. The van der Waals surface area contributed by atoms with Gasteiger partial charge in [-0.15, -0.1) is 0 Å². The van der Waals surface area contributed by atoms with Gasteiger partial charge in [-0.25, -0.2) is 0 Å². The second kappa shape index (κ2) is 6.80. The van der Waals surface area contributed by atoms with E-state index < -0.39 is 5.54 Å². The van der Waals surface area contributed by atoms with Crippen LogP contribution in [-0.2, 0) is 14.3 Å². The number of hydrogen-bond acceptors (Lipinski definition) is 4. The van der Waals surface area contributed by atoms with Crippen molar-refractivity contribution >= 4 is 5.97 Å². The SMILES string of the molecule is CCOCC(C)OC(=O)C(N)(CC)CC. The van der Waals surface area contributed by atoms with E-state index in [9.17, 15) is 4.79 Å². The van der Waals surface area contributed by atoms with E-state index in [1.807, 2.05) is 20.8 Å². The van der Waals surface area contributed by atoms with Gasteiger partial charge < -0.3 is 15.2 Å². The van der Waals surface area contributed by atoms with Gasteiger partial charge in [0.25, 0.3) is 0 Å². The molecule has 4 nitrogen and oxygen atoms in total. The van der Waals surface area contributed by atoms with E-state index in [1.165, 1.54) is 0 Å². The van der Waals surface area contributed by atoms with Gasteiger partial charge in [-0.1, -0.05) is 13.8 Å². The molecule has 0 heterocycles. The maximum atomic E-state index is 11.7. The number of esters is 1. The Balaban J connectivity index is 4.10. The summed E-state index contributed by atoms with van der Waals surface area (Å²) in [6.07, 6.45) is 0.936. The van der Waals surface area contributed by atoms with Crippen LogP contribution >= 0.6 is 0 Å². The molecule has 1 atom stereocenters. The Morgan fingerprint density at radius 1 is 1.33 bits per heavy atom. The summed E-state index contributed by atoms with van der Waals surface area (Å²) in [5, 5.41) is 0. The van der Waals surface area contributed by atoms with E-state index in [1.54, 1.807) is 6.92 Å². The first-order valence-corrected chi connectivity index (χ1v) is 5.57. The van der Waals surface area contributed by atoms with Crippen molar-refractivity contribution in [2.45, 2.75) is 52.2 Å². The molecule has 0 fully saturated rings. The summed E-state index contributed by atoms with van der Waals surface area (Å²) in [5.74, 6) is -0.334. The highest BCUT2D eigenvalue weighted by Crippen LogP contribution is 2.14. The molecule has 15 heavy (non-hydrogen) atoms. The molecule has 0 spiro atoms. The van der Waals surface area contributed by atoms with E-state index in [2.05, 4.69) is 0 Å². The molecule has 0 radical (unpaired) electrons. The highest BCUT2D eigenvalue weighted by Gasteiger charge is 2.32. The summed E-state index contributed by atoms with van der Waals surface area (Å²) < 4.78 is 10.4. The van der Waals surface area contributed by atoms with Gasteiger partial charge in [0, 0.05) is 6.61 Å². The summed E-state index contributed by atoms with van der Waals surface area (Å²) in [6, 6.07) is 0. The third-order valence-corrected chi connectivity index (χ3v) is 2.53. The number of rotatable bonds is 7. The van der Waals surface area contributed by atoms with Crippen molar-refractivity contribution in [2.75, 3.05) is 13.2 Å². The standard InChI is InChI=1S/C11H23NO3/c1-5-11(12,6-2)10(13)15-9(4)8-14-7-3/h9H,5-8,12H2,1-4H3. The molecule has 90 valence electrons. The van der Waals surface area contributed by atoms with Crippen molar-refractivity contribution in [3.8, 4) is 0 Å². The van der Waals surface area contributed by atoms with Gasteiger partial charge >= 0.3 is 5.97 Å². The van der Waals surface area contributed by atoms with Crippen LogP contribution in [0.5, 0.6) is 0 Å². The number of nitrogens with two attached hydrogens (primary N) is 1. The van der Waals surface area contributed by atoms with E-state index in [4.69, 9.17) is 15.2 Å². The maximum absolute atomic E-state index is 11.7. The van der Waals surface area contributed by atoms with Crippen molar-refractivity contribution in [2.24, 2.45) is 5.73 Å². The third-order valence-electron chi connectivity index (χ3n) is 2.53. The minimum absolute atomic E-state index is 0.238. The Kier molecular flexibility index (Phi) is 6.52. The van der Waals surface area contributed by atoms with Crippen molar-refractivity contribution in [3.63, 3.8) is 0 Å². The fourth-order valence-electron chi connectivity index (χ4n) is 1.16. The van der Waals surface area contributed by atoms with Gasteiger partial charge in [-0.3, -0.25) is 4.79 Å². The van der Waals surface area contributed by atoms with Gasteiger partial charge in [-0.2, -0.15) is 0 Å². The zero-order valence-corrected chi connectivity index (χ0v) is 10.2. The van der Waals surface area contributed by atoms with Crippen LogP contribution < -0.4 is 5.73 Å². The summed E-state index contributed by atoms with van der Waals surface area (Å²) in [5.41, 5.74) is 5.05. The third kappa shape index (κ3) is 4.62. The lowest BCUT2D eigenvalue weighted by atomic mass is 9.94. The zero-order chi connectivity index (χ0) is 11.9. The van der Waals surface area contributed by atoms with Crippen LogP contribution in [0.15, 0.2) is 0 Å². The Morgan fingerprint density at radius 3 is 2.27 bits per heavy atom. The average molecular weight is 217 g/mol. The molecule has 0 aliphatic rings. The molecule has 0 aromatic carbocycles. The monoisotopic (exact) mass is 217 g/mol. The molecular formula is C11H23NO3. The second-order valence-corrected chi connectivity index (χ2v) is 3.74. The van der Waals surface area contributed by atoms with Crippen molar-refractivity contribution in [3.05, 3.63) is 0 Å². The summed E-state index contributed by atoms with van der Waals surface area (Å²) in [6.45, 7) is 8.53. The Morgan fingerprint density at radius 2 is 1.87 bits per heavy atom. The molecule has 0 aliphatic carbocycles. The minimum Gasteiger partial charge on any atom is -0.459 e. The van der Waals surface area contributed by atoms with Crippen LogP contribution in [0.3, 0.4) is 0 Å². The predicted molar refractivity (Wildman–Crippen MR) is 59.5 cm³/mol. The quantitative estimate of drug-likeness (QED) is 0.656.